The van der Waals surface area contributed by atoms with Gasteiger partial charge in [0.15, 0.2) is 0 Å². The SMILES string of the molecule is O=C(C1CCCN(C(=O)C2(c3ccccc3F)CC2)C1)N1CCCC1. The minimum atomic E-state index is -0.691. The first kappa shape index (κ1) is 16.6. The highest BCUT2D eigenvalue weighted by atomic mass is 19.1. The van der Waals surface area contributed by atoms with Gasteiger partial charge in [-0.3, -0.25) is 9.59 Å². The van der Waals surface area contributed by atoms with Crippen molar-refractivity contribution in [3.63, 3.8) is 0 Å². The van der Waals surface area contributed by atoms with Crippen molar-refractivity contribution in [2.45, 2.75) is 43.9 Å². The molecule has 0 bridgehead atoms. The number of carbonyl (C=O) groups is 2. The molecule has 0 spiro atoms. The smallest absolute Gasteiger partial charge is 0.233 e. The Labute approximate surface area is 148 Å². The molecule has 4 nitrogen and oxygen atoms in total. The van der Waals surface area contributed by atoms with E-state index in [1.807, 2.05) is 9.80 Å². The Hall–Kier alpha value is -1.91. The molecule has 1 atom stereocenters. The van der Waals surface area contributed by atoms with Crippen LogP contribution in [0.1, 0.15) is 44.1 Å². The number of likely N-dealkylation sites (tertiary alicyclic amines) is 2. The molecule has 3 fully saturated rings. The van der Waals surface area contributed by atoms with Crippen molar-refractivity contribution in [1.29, 1.82) is 0 Å². The number of nitrogens with zero attached hydrogens (tertiary/aromatic N) is 2. The molecule has 3 aliphatic rings. The Morgan fingerprint density at radius 3 is 2.36 bits per heavy atom. The van der Waals surface area contributed by atoms with Gasteiger partial charge in [0.2, 0.25) is 11.8 Å². The molecule has 2 amide bonds. The monoisotopic (exact) mass is 344 g/mol. The maximum atomic E-state index is 14.2. The topological polar surface area (TPSA) is 40.6 Å². The minimum Gasteiger partial charge on any atom is -0.342 e. The van der Waals surface area contributed by atoms with Crippen LogP contribution >= 0.6 is 0 Å². The Balaban J connectivity index is 1.49. The van der Waals surface area contributed by atoms with Crippen LogP contribution in [-0.4, -0.2) is 47.8 Å². The van der Waals surface area contributed by atoms with E-state index in [1.54, 1.807) is 18.2 Å². The molecule has 2 saturated heterocycles. The average Bonchev–Trinajstić information content (AvgIpc) is 3.26. The maximum Gasteiger partial charge on any atom is 0.233 e. The summed E-state index contributed by atoms with van der Waals surface area (Å²) in [5.41, 5.74) is -0.169. The van der Waals surface area contributed by atoms with Crippen LogP contribution in [0, 0.1) is 11.7 Å². The number of benzene rings is 1. The van der Waals surface area contributed by atoms with E-state index in [2.05, 4.69) is 0 Å². The van der Waals surface area contributed by atoms with Gasteiger partial charge in [-0.2, -0.15) is 0 Å². The Kier molecular flexibility index (Phi) is 4.26. The van der Waals surface area contributed by atoms with Crippen molar-refractivity contribution in [2.24, 2.45) is 5.92 Å². The average molecular weight is 344 g/mol. The first-order chi connectivity index (χ1) is 12.1. The summed E-state index contributed by atoms with van der Waals surface area (Å²) in [4.78, 5) is 29.6. The third-order valence-electron chi connectivity index (χ3n) is 6.02. The quantitative estimate of drug-likeness (QED) is 0.846. The van der Waals surface area contributed by atoms with Crippen LogP contribution in [-0.2, 0) is 15.0 Å². The highest BCUT2D eigenvalue weighted by molar-refractivity contribution is 5.92. The zero-order valence-electron chi connectivity index (χ0n) is 14.5. The predicted molar refractivity (Wildman–Crippen MR) is 92.4 cm³/mol. The van der Waals surface area contributed by atoms with Crippen LogP contribution in [0.15, 0.2) is 24.3 Å². The summed E-state index contributed by atoms with van der Waals surface area (Å²) in [6.45, 7) is 2.87. The van der Waals surface area contributed by atoms with Crippen LogP contribution < -0.4 is 0 Å². The summed E-state index contributed by atoms with van der Waals surface area (Å²) in [6.07, 6.45) is 5.27. The fourth-order valence-corrected chi connectivity index (χ4v) is 4.43. The van der Waals surface area contributed by atoms with Gasteiger partial charge in [-0.1, -0.05) is 18.2 Å². The van der Waals surface area contributed by atoms with Crippen molar-refractivity contribution >= 4 is 11.8 Å². The molecule has 0 aromatic heterocycles. The predicted octanol–water partition coefficient (Wildman–Crippen LogP) is 2.72. The highest BCUT2D eigenvalue weighted by Gasteiger charge is 2.54. The molecule has 1 aromatic rings. The van der Waals surface area contributed by atoms with Gasteiger partial charge in [0, 0.05) is 31.7 Å². The number of piperidine rings is 1. The number of rotatable bonds is 3. The number of hydrogen-bond acceptors (Lipinski definition) is 2. The lowest BCUT2D eigenvalue weighted by Gasteiger charge is -2.36. The van der Waals surface area contributed by atoms with E-state index in [-0.39, 0.29) is 23.5 Å². The molecule has 1 saturated carbocycles. The Bertz CT molecular complexity index is 680. The summed E-state index contributed by atoms with van der Waals surface area (Å²) in [7, 11) is 0. The fraction of sp³-hybridized carbons (Fsp3) is 0.600. The number of carbonyl (C=O) groups excluding carboxylic acids is 2. The van der Waals surface area contributed by atoms with Crippen molar-refractivity contribution in [2.75, 3.05) is 26.2 Å². The molecule has 0 N–H and O–H groups in total. The second-order valence-corrected chi connectivity index (χ2v) is 7.68. The largest absolute Gasteiger partial charge is 0.342 e. The Morgan fingerprint density at radius 2 is 1.68 bits per heavy atom. The summed E-state index contributed by atoms with van der Waals surface area (Å²) in [5, 5.41) is 0. The minimum absolute atomic E-state index is 0.0107. The van der Waals surface area contributed by atoms with Gasteiger partial charge in [0.25, 0.3) is 0 Å². The van der Waals surface area contributed by atoms with E-state index < -0.39 is 5.41 Å². The number of halogens is 1. The van der Waals surface area contributed by atoms with Gasteiger partial charge >= 0.3 is 0 Å². The van der Waals surface area contributed by atoms with Crippen LogP contribution in [0.4, 0.5) is 4.39 Å². The molecule has 0 radical (unpaired) electrons. The van der Waals surface area contributed by atoms with Crippen molar-refractivity contribution in [1.82, 2.24) is 9.80 Å². The summed E-state index contributed by atoms with van der Waals surface area (Å²) in [6, 6.07) is 6.61. The number of amides is 2. The second-order valence-electron chi connectivity index (χ2n) is 7.68. The molecular formula is C20H25FN2O2. The van der Waals surface area contributed by atoms with Gasteiger partial charge in [-0.05, 0) is 44.6 Å². The van der Waals surface area contributed by atoms with E-state index in [1.165, 1.54) is 6.07 Å². The lowest BCUT2D eigenvalue weighted by molar-refractivity contribution is -0.141. The molecule has 25 heavy (non-hydrogen) atoms. The van der Waals surface area contributed by atoms with Crippen LogP contribution in [0.2, 0.25) is 0 Å². The zero-order chi connectivity index (χ0) is 17.4. The standard InChI is InChI=1S/C20H25FN2O2/c21-17-8-2-1-7-16(17)20(9-10-20)19(25)23-13-5-6-15(14-23)18(24)22-11-3-4-12-22/h1-2,7-8,15H,3-6,9-14H2. The lowest BCUT2D eigenvalue weighted by Crippen LogP contribution is -2.49. The van der Waals surface area contributed by atoms with E-state index in [9.17, 15) is 14.0 Å². The lowest BCUT2D eigenvalue weighted by atomic mass is 9.90. The normalized spacial score (nSPS) is 25.1. The van der Waals surface area contributed by atoms with Crippen LogP contribution in [0.5, 0.6) is 0 Å². The summed E-state index contributed by atoms with van der Waals surface area (Å²) >= 11 is 0. The van der Waals surface area contributed by atoms with Crippen LogP contribution in [0.25, 0.3) is 0 Å². The van der Waals surface area contributed by atoms with Gasteiger partial charge in [-0.25, -0.2) is 4.39 Å². The van der Waals surface area contributed by atoms with Crippen molar-refractivity contribution in [3.05, 3.63) is 35.6 Å². The molecule has 5 heteroatoms. The van der Waals surface area contributed by atoms with E-state index in [4.69, 9.17) is 0 Å². The number of hydrogen-bond donors (Lipinski definition) is 0. The van der Waals surface area contributed by atoms with Gasteiger partial charge < -0.3 is 9.80 Å². The Morgan fingerprint density at radius 1 is 1.00 bits per heavy atom. The van der Waals surface area contributed by atoms with E-state index in [0.29, 0.717) is 31.5 Å². The third-order valence-corrected chi connectivity index (χ3v) is 6.02. The molecule has 2 heterocycles. The van der Waals surface area contributed by atoms with Crippen LogP contribution in [0.3, 0.4) is 0 Å². The first-order valence-electron chi connectivity index (χ1n) is 9.45. The molecular weight excluding hydrogens is 319 g/mol. The van der Waals surface area contributed by atoms with Gasteiger partial charge in [-0.15, -0.1) is 0 Å². The van der Waals surface area contributed by atoms with E-state index >= 15 is 0 Å². The summed E-state index contributed by atoms with van der Waals surface area (Å²) < 4.78 is 14.2. The summed E-state index contributed by atoms with van der Waals surface area (Å²) in [5.74, 6) is -0.176. The van der Waals surface area contributed by atoms with Crippen molar-refractivity contribution in [3.8, 4) is 0 Å². The molecule has 2 aliphatic heterocycles. The molecule has 1 aromatic carbocycles. The molecule has 4 rings (SSSR count). The maximum absolute atomic E-state index is 14.2. The fourth-order valence-electron chi connectivity index (χ4n) is 4.43. The van der Waals surface area contributed by atoms with Gasteiger partial charge in [0.1, 0.15) is 5.82 Å². The molecule has 1 aliphatic carbocycles. The highest BCUT2D eigenvalue weighted by Crippen LogP contribution is 2.50. The van der Waals surface area contributed by atoms with E-state index in [0.717, 1.165) is 38.8 Å². The third kappa shape index (κ3) is 2.94. The molecule has 134 valence electrons. The first-order valence-corrected chi connectivity index (χ1v) is 9.45. The second kappa shape index (κ2) is 6.43. The van der Waals surface area contributed by atoms with Gasteiger partial charge in [0.05, 0.1) is 11.3 Å². The molecule has 1 unspecified atom stereocenters. The van der Waals surface area contributed by atoms with Crippen molar-refractivity contribution < 1.29 is 14.0 Å². The zero-order valence-corrected chi connectivity index (χ0v) is 14.5.